The molecule has 0 aliphatic carbocycles. The number of nitrogens with one attached hydrogen (secondary N) is 10. The number of benzene rings is 2. The van der Waals surface area contributed by atoms with E-state index in [1.165, 1.54) is 36.0 Å². The summed E-state index contributed by atoms with van der Waals surface area (Å²) < 4.78 is 0. The van der Waals surface area contributed by atoms with Gasteiger partial charge in [-0.1, -0.05) is 71.9 Å². The lowest BCUT2D eigenvalue weighted by Crippen LogP contribution is -2.62. The molecule has 1 heterocycles. The van der Waals surface area contributed by atoms with Gasteiger partial charge in [0, 0.05) is 29.9 Å². The Morgan fingerprint density at radius 3 is 1.44 bits per heavy atom. The van der Waals surface area contributed by atoms with Gasteiger partial charge in [0.1, 0.15) is 60.1 Å². The fourth-order valence-corrected chi connectivity index (χ4v) is 9.44. The van der Waals surface area contributed by atoms with Crippen LogP contribution in [0.25, 0.3) is 10.9 Å². The van der Waals surface area contributed by atoms with Crippen molar-refractivity contribution in [2.45, 2.75) is 154 Å². The van der Waals surface area contributed by atoms with Crippen molar-refractivity contribution >= 4 is 81.8 Å². The highest BCUT2D eigenvalue weighted by Gasteiger charge is 2.37. The number of amides is 9. The zero-order chi connectivity index (χ0) is 62.6. The number of carbonyl (C=O) groups is 10. The predicted molar refractivity (Wildman–Crippen MR) is 318 cm³/mol. The highest BCUT2D eigenvalue weighted by atomic mass is 32.2. The van der Waals surface area contributed by atoms with Crippen molar-refractivity contribution in [1.29, 1.82) is 0 Å². The second-order valence-corrected chi connectivity index (χ2v) is 22.6. The molecule has 0 aliphatic heterocycles. The van der Waals surface area contributed by atoms with Crippen molar-refractivity contribution in [2.75, 3.05) is 38.2 Å². The number of nitrogens with two attached hydrogens (primary N) is 3. The second-order valence-electron chi connectivity index (χ2n) is 21.6. The van der Waals surface area contributed by atoms with Gasteiger partial charge < -0.3 is 85.4 Å². The topological polar surface area (TPSA) is 434 Å². The van der Waals surface area contributed by atoms with Crippen molar-refractivity contribution in [3.05, 3.63) is 65.9 Å². The lowest BCUT2D eigenvalue weighted by atomic mass is 9.98. The molecule has 0 spiro atoms. The molecule has 0 radical (unpaired) electrons. The molecule has 0 fully saturated rings. The molecule has 0 bridgehead atoms. The Hall–Kier alpha value is -7.33. The van der Waals surface area contributed by atoms with Crippen molar-refractivity contribution in [1.82, 2.24) is 52.8 Å². The molecule has 9 atom stereocenters. The van der Waals surface area contributed by atoms with E-state index in [9.17, 15) is 63.3 Å². The average Bonchev–Trinajstić information content (AvgIpc) is 3.88. The number of aromatic nitrogens is 1. The van der Waals surface area contributed by atoms with Crippen LogP contribution in [0.15, 0.2) is 54.7 Å². The van der Waals surface area contributed by atoms with Crippen molar-refractivity contribution in [2.24, 2.45) is 35.0 Å². The number of phenolic OH excluding ortho intramolecular Hbond substituents is 1. The van der Waals surface area contributed by atoms with Crippen LogP contribution in [0.1, 0.15) is 97.6 Å². The summed E-state index contributed by atoms with van der Waals surface area (Å²) in [7, 11) is 0. The molecule has 3 aromatic rings. The monoisotopic (exact) mass is 1200 g/mol. The second kappa shape index (κ2) is 36.4. The maximum Gasteiger partial charge on any atom is 0.326 e. The number of hydrogen-bond acceptors (Lipinski definition) is 16. The van der Waals surface area contributed by atoms with E-state index in [1.807, 2.05) is 6.26 Å². The minimum atomic E-state index is -1.70. The number of carbonyl (C=O) groups excluding carboxylic acids is 9. The molecular formula is C57H89N13O13S. The minimum absolute atomic E-state index is 0.0460. The number of phenols is 1. The van der Waals surface area contributed by atoms with Crippen LogP contribution >= 0.6 is 11.8 Å². The van der Waals surface area contributed by atoms with E-state index in [0.717, 1.165) is 5.52 Å². The number of aromatic hydroxyl groups is 1. The molecule has 27 heteroatoms. The van der Waals surface area contributed by atoms with Crippen LogP contribution in [0.4, 0.5) is 0 Å². The molecule has 1 aromatic heterocycles. The van der Waals surface area contributed by atoms with Gasteiger partial charge in [0.25, 0.3) is 0 Å². The van der Waals surface area contributed by atoms with E-state index in [2.05, 4.69) is 52.8 Å². The summed E-state index contributed by atoms with van der Waals surface area (Å²) >= 11 is 1.42. The highest BCUT2D eigenvalue weighted by molar-refractivity contribution is 7.98. The maximum absolute atomic E-state index is 14.3. The van der Waals surface area contributed by atoms with E-state index in [1.54, 1.807) is 72.0 Å². The smallest absolute Gasteiger partial charge is 0.326 e. The third-order valence-corrected chi connectivity index (χ3v) is 14.5. The molecule has 0 saturated carbocycles. The van der Waals surface area contributed by atoms with Gasteiger partial charge in [0.05, 0.1) is 13.2 Å². The van der Waals surface area contributed by atoms with E-state index in [0.29, 0.717) is 54.5 Å². The molecule has 0 aliphatic rings. The first-order valence-corrected chi connectivity index (χ1v) is 29.8. The molecule has 0 unspecified atom stereocenters. The number of H-pyrrole nitrogens is 1. The Bertz CT molecular complexity index is 2660. The standard InChI is InChI=1S/C57H89N13O13S/c1-31(2)46(68-51(76)41(22-25-84-7)63-49(74)39(16-10-12-23-58)62-45(73)28-60)54(79)64-40(17-11-13-24-59)50(75)69-48(33(5)6)56(81)70-47(32(3)4)55(80)67-44(30-71)53(78)65-42(27-35-29-61-38-15-9-8-14-37(35)38)52(77)66-43(57(82)83)26-34-18-20-36(72)21-19-34/h8-9,14-15,18-21,29,31-33,39-44,46-48,61,71-72H,10-13,16-17,22-28,30,58-60H2,1-7H3,(H,62,73)(H,63,74)(H,64,79)(H,65,78)(H,66,77)(H,67,80)(H,68,76)(H,69,75)(H,70,81)(H,82,83)/t39-,40-,41-,42-,43-,44-,46-,47-,48-/m0/s1. The molecule has 466 valence electrons. The van der Waals surface area contributed by atoms with Gasteiger partial charge in [-0.15, -0.1) is 0 Å². The summed E-state index contributed by atoms with van der Waals surface area (Å²) in [6, 6.07) is 0.986. The molecule has 9 amide bonds. The normalized spacial score (nSPS) is 14.6. The average molecular weight is 1200 g/mol. The predicted octanol–water partition coefficient (Wildman–Crippen LogP) is -0.963. The Morgan fingerprint density at radius 2 is 0.940 bits per heavy atom. The first-order valence-electron chi connectivity index (χ1n) is 28.4. The number of carboxylic acids is 1. The minimum Gasteiger partial charge on any atom is -0.508 e. The van der Waals surface area contributed by atoms with Gasteiger partial charge in [0.15, 0.2) is 0 Å². The van der Waals surface area contributed by atoms with Crippen LogP contribution in [0, 0.1) is 17.8 Å². The number of rotatable bonds is 38. The summed E-state index contributed by atoms with van der Waals surface area (Å²) in [6.45, 7) is 9.17. The maximum atomic E-state index is 14.3. The lowest BCUT2D eigenvalue weighted by Gasteiger charge is -2.30. The summed E-state index contributed by atoms with van der Waals surface area (Å²) in [6.07, 6.45) is 5.53. The first-order chi connectivity index (χ1) is 39.9. The number of unbranched alkanes of at least 4 members (excludes halogenated alkanes) is 2. The number of thioether (sulfide) groups is 1. The third-order valence-electron chi connectivity index (χ3n) is 13.9. The number of aromatic amines is 1. The molecule has 84 heavy (non-hydrogen) atoms. The Kier molecular flexibility index (Phi) is 30.7. The quantitative estimate of drug-likeness (QED) is 0.0307. The fraction of sp³-hybridized carbons (Fsp3) is 0.579. The van der Waals surface area contributed by atoms with Crippen LogP contribution in [-0.4, -0.2) is 172 Å². The van der Waals surface area contributed by atoms with Crippen LogP contribution in [0.2, 0.25) is 0 Å². The Morgan fingerprint density at radius 1 is 0.512 bits per heavy atom. The van der Waals surface area contributed by atoms with Crippen LogP contribution in [-0.2, 0) is 60.8 Å². The van der Waals surface area contributed by atoms with Gasteiger partial charge in [0.2, 0.25) is 53.2 Å². The molecular weight excluding hydrogens is 1110 g/mol. The fourth-order valence-electron chi connectivity index (χ4n) is 8.97. The van der Waals surface area contributed by atoms with Gasteiger partial charge >= 0.3 is 5.97 Å². The van der Waals surface area contributed by atoms with Crippen molar-refractivity contribution in [3.8, 4) is 5.75 Å². The number of aliphatic hydroxyl groups is 1. The summed E-state index contributed by atoms with van der Waals surface area (Å²) in [5.41, 5.74) is 18.7. The zero-order valence-corrected chi connectivity index (χ0v) is 49.9. The van der Waals surface area contributed by atoms with E-state index >= 15 is 0 Å². The first kappa shape index (κ1) is 70.9. The van der Waals surface area contributed by atoms with Crippen LogP contribution in [0.5, 0.6) is 5.75 Å². The number of aliphatic hydroxyl groups excluding tert-OH is 1. The number of fused-ring (bicyclic) bond motifs is 1. The summed E-state index contributed by atoms with van der Waals surface area (Å²) in [5.74, 6) is -9.79. The molecule has 2 aromatic carbocycles. The number of hydrogen-bond donors (Lipinski definition) is 16. The zero-order valence-electron chi connectivity index (χ0n) is 49.1. The lowest BCUT2D eigenvalue weighted by molar-refractivity contribution is -0.142. The largest absolute Gasteiger partial charge is 0.508 e. The van der Waals surface area contributed by atoms with E-state index < -0.39 is 138 Å². The van der Waals surface area contributed by atoms with Crippen LogP contribution < -0.4 is 65.1 Å². The molecule has 0 saturated heterocycles. The van der Waals surface area contributed by atoms with Gasteiger partial charge in [-0.05, 0) is 117 Å². The molecule has 26 nitrogen and oxygen atoms in total. The van der Waals surface area contributed by atoms with E-state index in [-0.39, 0.29) is 50.9 Å². The summed E-state index contributed by atoms with van der Waals surface area (Å²) in [4.78, 5) is 140. The number of carboxylic acid groups (broad SMARTS) is 1. The van der Waals surface area contributed by atoms with Crippen LogP contribution in [0.3, 0.4) is 0 Å². The third kappa shape index (κ3) is 23.0. The molecule has 19 N–H and O–H groups in total. The van der Waals surface area contributed by atoms with Crippen molar-refractivity contribution in [3.63, 3.8) is 0 Å². The Labute approximate surface area is 494 Å². The number of para-hydroxylation sites is 1. The van der Waals surface area contributed by atoms with Gasteiger partial charge in [-0.25, -0.2) is 4.79 Å². The summed E-state index contributed by atoms with van der Waals surface area (Å²) in [5, 5.41) is 54.7. The van der Waals surface area contributed by atoms with Gasteiger partial charge in [-0.3, -0.25) is 43.2 Å². The van der Waals surface area contributed by atoms with Gasteiger partial charge in [-0.2, -0.15) is 11.8 Å². The SMILES string of the molecule is CSCC[C@H](NC(=O)[C@H](CCCCN)NC(=O)CN)C(=O)N[C@H](C(=O)N[C@@H](CCCCN)C(=O)N[C@H](C(=O)N[C@H](C(=O)N[C@@H](CO)C(=O)N[C@@H](Cc1c[nH]c2ccccc12)C(=O)N[C@@H](Cc1ccc(O)cc1)C(=O)O)C(C)C)C(C)C)C(C)C. The number of aliphatic carboxylic acids is 1. The Balaban J connectivity index is 1.82. The van der Waals surface area contributed by atoms with Crippen molar-refractivity contribution < 1.29 is 63.3 Å². The highest BCUT2D eigenvalue weighted by Crippen LogP contribution is 2.20. The van der Waals surface area contributed by atoms with E-state index in [4.69, 9.17) is 17.2 Å². The molecule has 3 rings (SSSR count).